The van der Waals surface area contributed by atoms with E-state index in [-0.39, 0.29) is 6.42 Å². The Morgan fingerprint density at radius 1 is 0.947 bits per heavy atom. The smallest absolute Gasteiger partial charge is 0.345 e. The summed E-state index contributed by atoms with van der Waals surface area (Å²) in [5, 5.41) is 0. The van der Waals surface area contributed by atoms with Crippen molar-refractivity contribution in [3.05, 3.63) is 65.7 Å². The molecule has 0 radical (unpaired) electrons. The number of esters is 2. The Morgan fingerprint density at radius 2 is 1.58 bits per heavy atom. The van der Waals surface area contributed by atoms with Gasteiger partial charge in [-0.2, -0.15) is 0 Å². The molecule has 96 valence electrons. The highest BCUT2D eigenvalue weighted by atomic mass is 16.6. The maximum atomic E-state index is 11.7. The van der Waals surface area contributed by atoms with Crippen LogP contribution in [-0.2, 0) is 16.0 Å². The molecule has 2 aromatic carbocycles. The van der Waals surface area contributed by atoms with E-state index in [1.807, 2.05) is 0 Å². The Bertz CT molecular complexity index is 593. The summed E-state index contributed by atoms with van der Waals surface area (Å²) in [6.07, 6.45) is -0.0226. The van der Waals surface area contributed by atoms with Gasteiger partial charge in [0, 0.05) is 5.69 Å². The number of hydrogen-bond donors (Lipinski definition) is 1. The number of hydrogen-bond acceptors (Lipinski definition) is 4. The first-order valence-corrected chi connectivity index (χ1v) is 5.80. The van der Waals surface area contributed by atoms with Gasteiger partial charge in [0.2, 0.25) is 0 Å². The lowest BCUT2D eigenvalue weighted by molar-refractivity contribution is -0.137. The molecule has 0 aliphatic heterocycles. The molecule has 0 unspecified atom stereocenters. The lowest BCUT2D eigenvalue weighted by Crippen LogP contribution is -2.15. The Morgan fingerprint density at radius 3 is 2.26 bits per heavy atom. The Hall–Kier alpha value is -2.62. The number of carbonyl (C=O) groups is 2. The first-order chi connectivity index (χ1) is 9.16. The van der Waals surface area contributed by atoms with Gasteiger partial charge in [-0.3, -0.25) is 4.79 Å². The molecule has 0 saturated heterocycles. The van der Waals surface area contributed by atoms with Crippen molar-refractivity contribution in [1.29, 1.82) is 0 Å². The second-order valence-electron chi connectivity index (χ2n) is 4.00. The quantitative estimate of drug-likeness (QED) is 0.518. The van der Waals surface area contributed by atoms with Gasteiger partial charge < -0.3 is 10.5 Å². The van der Waals surface area contributed by atoms with E-state index in [4.69, 9.17) is 10.5 Å². The third kappa shape index (κ3) is 3.42. The summed E-state index contributed by atoms with van der Waals surface area (Å²) < 4.78 is 4.76. The van der Waals surface area contributed by atoms with E-state index >= 15 is 0 Å². The Labute approximate surface area is 110 Å². The molecule has 0 bridgehead atoms. The molecule has 2 rings (SSSR count). The maximum absolute atomic E-state index is 11.7. The van der Waals surface area contributed by atoms with Crippen molar-refractivity contribution in [3.8, 4) is 0 Å². The van der Waals surface area contributed by atoms with Gasteiger partial charge in [-0.25, -0.2) is 4.79 Å². The van der Waals surface area contributed by atoms with Gasteiger partial charge in [0.25, 0.3) is 0 Å². The van der Waals surface area contributed by atoms with Crippen LogP contribution in [0, 0.1) is 0 Å². The average Bonchev–Trinajstić information content (AvgIpc) is 2.42. The van der Waals surface area contributed by atoms with Crippen molar-refractivity contribution in [3.63, 3.8) is 0 Å². The zero-order valence-electron chi connectivity index (χ0n) is 10.2. The molecule has 0 saturated carbocycles. The third-order valence-corrected chi connectivity index (χ3v) is 2.61. The summed E-state index contributed by atoms with van der Waals surface area (Å²) in [6, 6.07) is 15.3. The number of benzene rings is 2. The van der Waals surface area contributed by atoms with Crippen molar-refractivity contribution >= 4 is 17.6 Å². The van der Waals surface area contributed by atoms with Gasteiger partial charge in [0.05, 0.1) is 12.0 Å². The van der Waals surface area contributed by atoms with Crippen LogP contribution >= 0.6 is 0 Å². The first kappa shape index (κ1) is 12.8. The van der Waals surface area contributed by atoms with Gasteiger partial charge in [-0.15, -0.1) is 0 Å². The number of nitrogen functional groups attached to an aromatic ring is 1. The molecular weight excluding hydrogens is 242 g/mol. The molecule has 2 aromatic rings. The highest BCUT2D eigenvalue weighted by Crippen LogP contribution is 2.12. The van der Waals surface area contributed by atoms with Crippen LogP contribution in [0.15, 0.2) is 54.6 Å². The average molecular weight is 255 g/mol. The van der Waals surface area contributed by atoms with Crippen LogP contribution in [0.25, 0.3) is 0 Å². The van der Waals surface area contributed by atoms with E-state index in [0.29, 0.717) is 16.8 Å². The fourth-order valence-corrected chi connectivity index (χ4v) is 1.62. The van der Waals surface area contributed by atoms with Crippen molar-refractivity contribution < 1.29 is 14.3 Å². The van der Waals surface area contributed by atoms with Gasteiger partial charge >= 0.3 is 11.9 Å². The minimum atomic E-state index is -0.653. The van der Waals surface area contributed by atoms with Gasteiger partial charge in [-0.05, 0) is 23.8 Å². The summed E-state index contributed by atoms with van der Waals surface area (Å²) in [5.74, 6) is -1.27. The summed E-state index contributed by atoms with van der Waals surface area (Å²) in [4.78, 5) is 23.3. The zero-order valence-corrected chi connectivity index (χ0v) is 10.2. The number of ether oxygens (including phenoxy) is 1. The number of para-hydroxylation sites is 1. The molecule has 0 aliphatic rings. The van der Waals surface area contributed by atoms with E-state index in [1.165, 1.54) is 0 Å². The highest BCUT2D eigenvalue weighted by Gasteiger charge is 2.13. The van der Waals surface area contributed by atoms with Crippen molar-refractivity contribution in [2.75, 3.05) is 5.73 Å². The monoisotopic (exact) mass is 255 g/mol. The normalized spacial score (nSPS) is 9.89. The van der Waals surface area contributed by atoms with Crippen LogP contribution in [0.2, 0.25) is 0 Å². The predicted molar refractivity (Wildman–Crippen MR) is 71.4 cm³/mol. The van der Waals surface area contributed by atoms with Crippen LogP contribution in [0.1, 0.15) is 15.9 Å². The van der Waals surface area contributed by atoms with Crippen molar-refractivity contribution in [2.45, 2.75) is 6.42 Å². The van der Waals surface area contributed by atoms with E-state index in [2.05, 4.69) is 0 Å². The fraction of sp³-hybridized carbons (Fsp3) is 0.0667. The molecule has 4 nitrogen and oxygen atoms in total. The molecular formula is C15H13NO3. The lowest BCUT2D eigenvalue weighted by atomic mass is 10.1. The van der Waals surface area contributed by atoms with Crippen molar-refractivity contribution in [2.24, 2.45) is 0 Å². The third-order valence-electron chi connectivity index (χ3n) is 2.61. The molecule has 0 aromatic heterocycles. The second kappa shape index (κ2) is 5.82. The fourth-order valence-electron chi connectivity index (χ4n) is 1.62. The van der Waals surface area contributed by atoms with E-state index < -0.39 is 11.9 Å². The standard InChI is InChI=1S/C15H13NO3/c16-13-9-5-4-8-12(13)10-14(17)19-15(18)11-6-2-1-3-7-11/h1-9H,10,16H2. The topological polar surface area (TPSA) is 69.4 Å². The number of carbonyl (C=O) groups excluding carboxylic acids is 2. The van der Waals surface area contributed by atoms with Crippen LogP contribution in [-0.4, -0.2) is 11.9 Å². The van der Waals surface area contributed by atoms with Crippen molar-refractivity contribution in [1.82, 2.24) is 0 Å². The summed E-state index contributed by atoms with van der Waals surface area (Å²) >= 11 is 0. The van der Waals surface area contributed by atoms with E-state index in [0.717, 1.165) is 0 Å². The summed E-state index contributed by atoms with van der Waals surface area (Å²) in [7, 11) is 0. The SMILES string of the molecule is Nc1ccccc1CC(=O)OC(=O)c1ccccc1. The molecule has 2 N–H and O–H groups in total. The number of nitrogens with two attached hydrogens (primary N) is 1. The highest BCUT2D eigenvalue weighted by molar-refractivity contribution is 5.97. The van der Waals surface area contributed by atoms with Crippen LogP contribution in [0.5, 0.6) is 0 Å². The van der Waals surface area contributed by atoms with Gasteiger partial charge in [0.15, 0.2) is 0 Å². The molecule has 4 heteroatoms. The van der Waals surface area contributed by atoms with Crippen LogP contribution in [0.4, 0.5) is 5.69 Å². The van der Waals surface area contributed by atoms with Gasteiger partial charge in [0.1, 0.15) is 0 Å². The zero-order chi connectivity index (χ0) is 13.7. The number of anilines is 1. The minimum absolute atomic E-state index is 0.0226. The second-order valence-corrected chi connectivity index (χ2v) is 4.00. The predicted octanol–water partition coefficient (Wildman–Crippen LogP) is 2.19. The Kier molecular flexibility index (Phi) is 3.93. The Balaban J connectivity index is 1.99. The lowest BCUT2D eigenvalue weighted by Gasteiger charge is -2.05. The molecule has 0 atom stereocenters. The molecule has 0 amide bonds. The summed E-state index contributed by atoms with van der Waals surface area (Å²) in [6.45, 7) is 0. The minimum Gasteiger partial charge on any atom is -0.398 e. The largest absolute Gasteiger partial charge is 0.398 e. The maximum Gasteiger partial charge on any atom is 0.345 e. The molecule has 0 aliphatic carbocycles. The molecule has 0 spiro atoms. The van der Waals surface area contributed by atoms with E-state index in [1.54, 1.807) is 54.6 Å². The summed E-state index contributed by atoms with van der Waals surface area (Å²) in [5.41, 5.74) is 7.22. The van der Waals surface area contributed by atoms with E-state index in [9.17, 15) is 9.59 Å². The molecule has 0 heterocycles. The van der Waals surface area contributed by atoms with Crippen LogP contribution in [0.3, 0.4) is 0 Å². The first-order valence-electron chi connectivity index (χ1n) is 5.80. The number of rotatable bonds is 3. The van der Waals surface area contributed by atoms with Gasteiger partial charge in [-0.1, -0.05) is 36.4 Å². The molecule has 19 heavy (non-hydrogen) atoms. The molecule has 0 fully saturated rings. The van der Waals surface area contributed by atoms with Crippen LogP contribution < -0.4 is 5.73 Å².